The Morgan fingerprint density at radius 1 is 1.09 bits per heavy atom. The molecule has 0 radical (unpaired) electrons. The van der Waals surface area contributed by atoms with E-state index in [9.17, 15) is 4.79 Å². The molecule has 0 atom stereocenters. The van der Waals surface area contributed by atoms with E-state index in [1.807, 2.05) is 54.6 Å². The van der Waals surface area contributed by atoms with Crippen molar-refractivity contribution < 1.29 is 9.53 Å². The van der Waals surface area contributed by atoms with Crippen molar-refractivity contribution in [3.63, 3.8) is 0 Å². The highest BCUT2D eigenvalue weighted by Crippen LogP contribution is 2.26. The maximum Gasteiger partial charge on any atom is 0.254 e. The number of aromatic nitrogens is 1. The molecule has 4 nitrogen and oxygen atoms in total. The first-order valence-corrected chi connectivity index (χ1v) is 7.42. The Morgan fingerprint density at radius 2 is 1.87 bits per heavy atom. The number of benzene rings is 2. The number of carbonyl (C=O) groups excluding carboxylic acids is 1. The highest BCUT2D eigenvalue weighted by atomic mass is 16.5. The molecule has 1 amide bonds. The summed E-state index contributed by atoms with van der Waals surface area (Å²) in [4.78, 5) is 18.0. The molecule has 0 bridgehead atoms. The SMILES string of the molecule is CN(C)C(=O)c1cnc2cccc(OCc3ccccc3)c2c1. The summed E-state index contributed by atoms with van der Waals surface area (Å²) in [5.41, 5.74) is 2.46. The first-order valence-electron chi connectivity index (χ1n) is 7.42. The molecule has 0 saturated heterocycles. The zero-order valence-corrected chi connectivity index (χ0v) is 13.2. The van der Waals surface area contributed by atoms with Gasteiger partial charge < -0.3 is 9.64 Å². The standard InChI is InChI=1S/C19H18N2O2/c1-21(2)19(22)15-11-16-17(20-12-15)9-6-10-18(16)23-13-14-7-4-3-5-8-14/h3-12H,13H2,1-2H3. The van der Waals surface area contributed by atoms with Crippen molar-refractivity contribution in [2.45, 2.75) is 6.61 Å². The summed E-state index contributed by atoms with van der Waals surface area (Å²) in [6.07, 6.45) is 1.60. The first kappa shape index (κ1) is 15.0. The number of carbonyl (C=O) groups is 1. The summed E-state index contributed by atoms with van der Waals surface area (Å²) in [6, 6.07) is 17.5. The molecule has 0 aliphatic heterocycles. The molecule has 0 aliphatic carbocycles. The van der Waals surface area contributed by atoms with Gasteiger partial charge in [0.15, 0.2) is 0 Å². The van der Waals surface area contributed by atoms with Gasteiger partial charge in [0.2, 0.25) is 0 Å². The van der Waals surface area contributed by atoms with E-state index in [-0.39, 0.29) is 5.91 Å². The Labute approximate surface area is 135 Å². The Morgan fingerprint density at radius 3 is 2.61 bits per heavy atom. The van der Waals surface area contributed by atoms with Crippen molar-refractivity contribution in [2.75, 3.05) is 14.1 Å². The van der Waals surface area contributed by atoms with Crippen LogP contribution in [0.4, 0.5) is 0 Å². The van der Waals surface area contributed by atoms with Crippen LogP contribution in [0.1, 0.15) is 15.9 Å². The second-order valence-corrected chi connectivity index (χ2v) is 5.52. The summed E-state index contributed by atoms with van der Waals surface area (Å²) in [5, 5.41) is 0.844. The van der Waals surface area contributed by atoms with Crippen molar-refractivity contribution in [1.82, 2.24) is 9.88 Å². The normalized spacial score (nSPS) is 10.5. The average molecular weight is 306 g/mol. The molecule has 116 valence electrons. The van der Waals surface area contributed by atoms with E-state index in [0.29, 0.717) is 12.2 Å². The number of hydrogen-bond donors (Lipinski definition) is 0. The quantitative estimate of drug-likeness (QED) is 0.740. The fourth-order valence-electron chi connectivity index (χ4n) is 2.36. The highest BCUT2D eigenvalue weighted by Gasteiger charge is 2.11. The Bertz CT molecular complexity index is 829. The van der Waals surface area contributed by atoms with E-state index >= 15 is 0 Å². The molecule has 2 aromatic carbocycles. The predicted molar refractivity (Wildman–Crippen MR) is 90.5 cm³/mol. The largest absolute Gasteiger partial charge is 0.488 e. The lowest BCUT2D eigenvalue weighted by atomic mass is 10.1. The summed E-state index contributed by atoms with van der Waals surface area (Å²) < 4.78 is 5.94. The molecule has 1 aromatic heterocycles. The van der Waals surface area contributed by atoms with Crippen molar-refractivity contribution in [3.8, 4) is 5.75 Å². The Hall–Kier alpha value is -2.88. The van der Waals surface area contributed by atoms with Gasteiger partial charge >= 0.3 is 0 Å². The summed E-state index contributed by atoms with van der Waals surface area (Å²) in [5.74, 6) is 0.657. The number of hydrogen-bond acceptors (Lipinski definition) is 3. The van der Waals surface area contributed by atoms with Crippen LogP contribution >= 0.6 is 0 Å². The topological polar surface area (TPSA) is 42.4 Å². The lowest BCUT2D eigenvalue weighted by Gasteiger charge is -2.12. The number of rotatable bonds is 4. The number of ether oxygens (including phenoxy) is 1. The molecular weight excluding hydrogens is 288 g/mol. The van der Waals surface area contributed by atoms with Gasteiger partial charge in [-0.2, -0.15) is 0 Å². The molecule has 3 aromatic rings. The van der Waals surface area contributed by atoms with Gasteiger partial charge in [-0.1, -0.05) is 36.4 Å². The minimum Gasteiger partial charge on any atom is -0.488 e. The van der Waals surface area contributed by atoms with Gasteiger partial charge in [-0.3, -0.25) is 9.78 Å². The monoisotopic (exact) mass is 306 g/mol. The van der Waals surface area contributed by atoms with Crippen molar-refractivity contribution >= 4 is 16.8 Å². The van der Waals surface area contributed by atoms with Crippen LogP contribution in [0.5, 0.6) is 5.75 Å². The Balaban J connectivity index is 1.93. The van der Waals surface area contributed by atoms with Crippen LogP contribution in [0.15, 0.2) is 60.8 Å². The fraction of sp³-hybridized carbons (Fsp3) is 0.158. The third-order valence-electron chi connectivity index (χ3n) is 3.58. The molecule has 0 fully saturated rings. The zero-order valence-electron chi connectivity index (χ0n) is 13.2. The lowest BCUT2D eigenvalue weighted by Crippen LogP contribution is -2.21. The first-order chi connectivity index (χ1) is 11.1. The van der Waals surface area contributed by atoms with Crippen molar-refractivity contribution in [1.29, 1.82) is 0 Å². The molecule has 23 heavy (non-hydrogen) atoms. The second kappa shape index (κ2) is 6.48. The summed E-state index contributed by atoms with van der Waals surface area (Å²) >= 11 is 0. The van der Waals surface area contributed by atoms with E-state index in [4.69, 9.17) is 4.74 Å². The van der Waals surface area contributed by atoms with Crippen molar-refractivity contribution in [2.24, 2.45) is 0 Å². The minimum absolute atomic E-state index is 0.0720. The van der Waals surface area contributed by atoms with Gasteiger partial charge in [0.25, 0.3) is 5.91 Å². The van der Waals surface area contributed by atoms with E-state index in [1.54, 1.807) is 20.3 Å². The second-order valence-electron chi connectivity index (χ2n) is 5.52. The van der Waals surface area contributed by atoms with Crippen LogP contribution < -0.4 is 4.74 Å². The molecule has 4 heteroatoms. The molecule has 0 N–H and O–H groups in total. The minimum atomic E-state index is -0.0720. The fourth-order valence-corrected chi connectivity index (χ4v) is 2.36. The third kappa shape index (κ3) is 3.31. The number of fused-ring (bicyclic) bond motifs is 1. The third-order valence-corrected chi connectivity index (χ3v) is 3.58. The van der Waals surface area contributed by atoms with E-state index in [1.165, 1.54) is 4.90 Å². The van der Waals surface area contributed by atoms with E-state index in [2.05, 4.69) is 4.98 Å². The van der Waals surface area contributed by atoms with Gasteiger partial charge in [0, 0.05) is 25.7 Å². The number of pyridine rings is 1. The lowest BCUT2D eigenvalue weighted by molar-refractivity contribution is 0.0827. The van der Waals surface area contributed by atoms with Gasteiger partial charge in [-0.05, 0) is 23.8 Å². The Kier molecular flexibility index (Phi) is 4.24. The molecular formula is C19H18N2O2. The van der Waals surface area contributed by atoms with Gasteiger partial charge in [-0.15, -0.1) is 0 Å². The molecule has 0 spiro atoms. The molecule has 0 aliphatic rings. The summed E-state index contributed by atoms with van der Waals surface area (Å²) in [6.45, 7) is 0.478. The highest BCUT2D eigenvalue weighted by molar-refractivity contribution is 5.98. The number of amides is 1. The summed E-state index contributed by atoms with van der Waals surface area (Å²) in [7, 11) is 3.45. The molecule has 0 saturated carbocycles. The smallest absolute Gasteiger partial charge is 0.254 e. The number of nitrogens with zero attached hydrogens (tertiary/aromatic N) is 2. The average Bonchev–Trinajstić information content (AvgIpc) is 2.59. The van der Waals surface area contributed by atoms with Gasteiger partial charge in [0.1, 0.15) is 12.4 Å². The maximum atomic E-state index is 12.1. The van der Waals surface area contributed by atoms with Crippen LogP contribution in [0.25, 0.3) is 10.9 Å². The van der Waals surface area contributed by atoms with Crippen LogP contribution in [-0.4, -0.2) is 29.9 Å². The van der Waals surface area contributed by atoms with Crippen LogP contribution in [0, 0.1) is 0 Å². The molecule has 0 unspecified atom stereocenters. The molecule has 3 rings (SSSR count). The zero-order chi connectivity index (χ0) is 16.2. The van der Waals surface area contributed by atoms with Crippen LogP contribution in [0.2, 0.25) is 0 Å². The molecule has 1 heterocycles. The van der Waals surface area contributed by atoms with E-state index < -0.39 is 0 Å². The van der Waals surface area contributed by atoms with Gasteiger partial charge in [0.05, 0.1) is 11.1 Å². The van der Waals surface area contributed by atoms with Crippen LogP contribution in [-0.2, 0) is 6.61 Å². The van der Waals surface area contributed by atoms with E-state index in [0.717, 1.165) is 22.2 Å². The van der Waals surface area contributed by atoms with Crippen molar-refractivity contribution in [3.05, 3.63) is 71.9 Å². The predicted octanol–water partition coefficient (Wildman–Crippen LogP) is 3.52. The van der Waals surface area contributed by atoms with Gasteiger partial charge in [-0.25, -0.2) is 0 Å². The van der Waals surface area contributed by atoms with Crippen LogP contribution in [0.3, 0.4) is 0 Å². The maximum absolute atomic E-state index is 12.1.